The highest BCUT2D eigenvalue weighted by Crippen LogP contribution is 2.52. The first kappa shape index (κ1) is 22.2. The van der Waals surface area contributed by atoms with Crippen molar-refractivity contribution in [2.24, 2.45) is 0 Å². The van der Waals surface area contributed by atoms with E-state index in [0.717, 1.165) is 54.5 Å². The monoisotopic (exact) mass is 538 g/mol. The van der Waals surface area contributed by atoms with Gasteiger partial charge in [0.25, 0.3) is 0 Å². The van der Waals surface area contributed by atoms with Gasteiger partial charge in [0, 0.05) is 21.2 Å². The average Bonchev–Trinajstić information content (AvgIpc) is 3.05. The molecule has 0 amide bonds. The minimum atomic E-state index is -1.38. The van der Waals surface area contributed by atoms with Crippen LogP contribution in [0.2, 0.25) is 0 Å². The Balaban J connectivity index is 1.63. The van der Waals surface area contributed by atoms with Crippen LogP contribution in [0.3, 0.4) is 0 Å². The highest BCUT2D eigenvalue weighted by Gasteiger charge is 2.42. The lowest BCUT2D eigenvalue weighted by molar-refractivity contribution is 0.128. The van der Waals surface area contributed by atoms with Crippen molar-refractivity contribution in [2.75, 3.05) is 0 Å². The second kappa shape index (κ2) is 8.55. The Morgan fingerprint density at radius 3 is 1.65 bits per heavy atom. The quantitative estimate of drug-likeness (QED) is 0.233. The summed E-state index contributed by atoms with van der Waals surface area (Å²) in [4.78, 5) is 0. The second-order valence-corrected chi connectivity index (χ2v) is 10.5. The zero-order chi connectivity index (χ0) is 25.0. The largest absolute Gasteiger partial charge is 0.376 e. The van der Waals surface area contributed by atoms with Crippen molar-refractivity contribution in [2.45, 2.75) is 5.60 Å². The SMILES string of the molecule is OC1(c2ccccc2-c2cccc3ccccc23)c2ccccc2-c2ccccc2-c2cc(Br)ccc21. The molecule has 176 valence electrons. The number of hydrogen-bond donors (Lipinski definition) is 1. The summed E-state index contributed by atoms with van der Waals surface area (Å²) < 4.78 is 0.983. The molecular weight excluding hydrogens is 516 g/mol. The molecular formula is C35H23BrO. The van der Waals surface area contributed by atoms with Crippen molar-refractivity contribution in [3.05, 3.63) is 155 Å². The first-order valence-corrected chi connectivity index (χ1v) is 13.2. The Hall–Kier alpha value is -3.98. The second-order valence-electron chi connectivity index (χ2n) is 9.56. The molecule has 0 spiro atoms. The predicted molar refractivity (Wildman–Crippen MR) is 156 cm³/mol. The molecule has 1 unspecified atom stereocenters. The van der Waals surface area contributed by atoms with E-state index >= 15 is 0 Å². The van der Waals surface area contributed by atoms with Gasteiger partial charge in [0.1, 0.15) is 5.60 Å². The fraction of sp³-hybridized carbons (Fsp3) is 0.0286. The Morgan fingerprint density at radius 2 is 0.919 bits per heavy atom. The third kappa shape index (κ3) is 3.33. The predicted octanol–water partition coefficient (Wildman–Crippen LogP) is 9.20. The third-order valence-electron chi connectivity index (χ3n) is 7.59. The van der Waals surface area contributed by atoms with Crippen molar-refractivity contribution in [3.8, 4) is 33.4 Å². The van der Waals surface area contributed by atoms with Crippen LogP contribution in [-0.4, -0.2) is 5.11 Å². The maximum Gasteiger partial charge on any atom is 0.142 e. The molecule has 1 aliphatic carbocycles. The summed E-state index contributed by atoms with van der Waals surface area (Å²) in [5.74, 6) is 0. The lowest BCUT2D eigenvalue weighted by Gasteiger charge is -2.33. The van der Waals surface area contributed by atoms with Crippen LogP contribution in [0.15, 0.2) is 138 Å². The number of halogens is 1. The van der Waals surface area contributed by atoms with Crippen LogP contribution in [-0.2, 0) is 5.60 Å². The summed E-state index contributed by atoms with van der Waals surface area (Å²) in [5, 5.41) is 15.5. The van der Waals surface area contributed by atoms with Gasteiger partial charge in [0.2, 0.25) is 0 Å². The number of rotatable bonds is 2. The van der Waals surface area contributed by atoms with Crippen LogP contribution in [0.25, 0.3) is 44.2 Å². The summed E-state index contributed by atoms with van der Waals surface area (Å²) in [7, 11) is 0. The van der Waals surface area contributed by atoms with Gasteiger partial charge in [-0.15, -0.1) is 0 Å². The summed E-state index contributed by atoms with van der Waals surface area (Å²) >= 11 is 3.69. The van der Waals surface area contributed by atoms with Gasteiger partial charge in [-0.1, -0.05) is 137 Å². The van der Waals surface area contributed by atoms with E-state index < -0.39 is 5.60 Å². The molecule has 1 nitrogen and oxygen atoms in total. The van der Waals surface area contributed by atoms with Crippen LogP contribution in [0.4, 0.5) is 0 Å². The van der Waals surface area contributed by atoms with Crippen molar-refractivity contribution in [3.63, 3.8) is 0 Å². The molecule has 1 N–H and O–H groups in total. The van der Waals surface area contributed by atoms with Crippen LogP contribution in [0.5, 0.6) is 0 Å². The summed E-state index contributed by atoms with van der Waals surface area (Å²) in [6, 6.07) is 46.1. The van der Waals surface area contributed by atoms with E-state index in [1.165, 1.54) is 10.8 Å². The van der Waals surface area contributed by atoms with E-state index in [1.807, 2.05) is 18.2 Å². The van der Waals surface area contributed by atoms with Crippen LogP contribution in [0, 0.1) is 0 Å². The molecule has 0 aromatic heterocycles. The summed E-state index contributed by atoms with van der Waals surface area (Å²) in [6.07, 6.45) is 0. The first-order valence-electron chi connectivity index (χ1n) is 12.5. The molecule has 37 heavy (non-hydrogen) atoms. The lowest BCUT2D eigenvalue weighted by atomic mass is 9.75. The molecule has 2 heteroatoms. The molecule has 1 atom stereocenters. The molecule has 1 aliphatic rings. The van der Waals surface area contributed by atoms with Crippen molar-refractivity contribution >= 4 is 26.7 Å². The maximum atomic E-state index is 13.2. The minimum absolute atomic E-state index is 0.871. The summed E-state index contributed by atoms with van der Waals surface area (Å²) in [5.41, 5.74) is 7.70. The average molecular weight is 539 g/mol. The van der Waals surface area contributed by atoms with Crippen molar-refractivity contribution in [1.29, 1.82) is 0 Å². The highest BCUT2D eigenvalue weighted by molar-refractivity contribution is 9.10. The fourth-order valence-electron chi connectivity index (χ4n) is 5.97. The number of benzene rings is 6. The molecule has 6 aromatic rings. The molecule has 0 aliphatic heterocycles. The van der Waals surface area contributed by atoms with E-state index in [4.69, 9.17) is 0 Å². The van der Waals surface area contributed by atoms with Gasteiger partial charge in [-0.25, -0.2) is 0 Å². The van der Waals surface area contributed by atoms with Crippen molar-refractivity contribution < 1.29 is 5.11 Å². The molecule has 0 heterocycles. The third-order valence-corrected chi connectivity index (χ3v) is 8.09. The fourth-order valence-corrected chi connectivity index (χ4v) is 6.33. The van der Waals surface area contributed by atoms with Crippen LogP contribution < -0.4 is 0 Å². The minimum Gasteiger partial charge on any atom is -0.376 e. The summed E-state index contributed by atoms with van der Waals surface area (Å²) in [6.45, 7) is 0. The van der Waals surface area contributed by atoms with Gasteiger partial charge in [0.15, 0.2) is 0 Å². The molecule has 0 saturated carbocycles. The van der Waals surface area contributed by atoms with E-state index in [2.05, 4.69) is 131 Å². The molecule has 7 rings (SSSR count). The molecule has 0 fully saturated rings. The molecule has 6 aromatic carbocycles. The Bertz CT molecular complexity index is 1810. The van der Waals surface area contributed by atoms with E-state index in [1.54, 1.807) is 0 Å². The number of hydrogen-bond acceptors (Lipinski definition) is 1. The number of aliphatic hydroxyl groups is 1. The van der Waals surface area contributed by atoms with Crippen LogP contribution >= 0.6 is 15.9 Å². The van der Waals surface area contributed by atoms with E-state index in [9.17, 15) is 5.11 Å². The molecule has 0 saturated heterocycles. The van der Waals surface area contributed by atoms with Gasteiger partial charge in [-0.3, -0.25) is 0 Å². The zero-order valence-electron chi connectivity index (χ0n) is 20.0. The van der Waals surface area contributed by atoms with Gasteiger partial charge in [0.05, 0.1) is 0 Å². The van der Waals surface area contributed by atoms with Crippen LogP contribution in [0.1, 0.15) is 16.7 Å². The van der Waals surface area contributed by atoms with Gasteiger partial charge >= 0.3 is 0 Å². The van der Waals surface area contributed by atoms with Gasteiger partial charge in [-0.05, 0) is 56.3 Å². The van der Waals surface area contributed by atoms with Gasteiger partial charge < -0.3 is 5.11 Å². The Labute approximate surface area is 224 Å². The standard InChI is InChI=1S/C35H23BrO/c36-24-20-21-34-31(22-24)28-14-4-3-13-27(28)30-16-6-8-19-33(30)35(34,37)32-18-7-5-15-29(32)26-17-9-11-23-10-1-2-12-25(23)26/h1-22,37H. The first-order chi connectivity index (χ1) is 18.2. The Morgan fingerprint density at radius 1 is 0.432 bits per heavy atom. The topological polar surface area (TPSA) is 20.2 Å². The zero-order valence-corrected chi connectivity index (χ0v) is 21.6. The number of fused-ring (bicyclic) bond motifs is 6. The maximum absolute atomic E-state index is 13.2. The van der Waals surface area contributed by atoms with E-state index in [0.29, 0.717) is 0 Å². The van der Waals surface area contributed by atoms with Gasteiger partial charge in [-0.2, -0.15) is 0 Å². The molecule has 0 radical (unpaired) electrons. The highest BCUT2D eigenvalue weighted by atomic mass is 79.9. The molecule has 0 bridgehead atoms. The lowest BCUT2D eigenvalue weighted by Crippen LogP contribution is -2.30. The van der Waals surface area contributed by atoms with E-state index in [-0.39, 0.29) is 0 Å². The Kier molecular flexibility index (Phi) is 5.14. The van der Waals surface area contributed by atoms with Crippen molar-refractivity contribution in [1.82, 2.24) is 0 Å². The smallest absolute Gasteiger partial charge is 0.142 e. The normalized spacial score (nSPS) is 15.9.